The normalized spacial score (nSPS) is 15.1. The maximum atomic E-state index is 13.1. The zero-order chi connectivity index (χ0) is 22.6. The SMILES string of the molecule is COc1ccc(C(NC(=O)N2CNC(=O)C2)C(=O)Nc2ccc(S(C)(C)C)cc2)cc1. The summed E-state index contributed by atoms with van der Waals surface area (Å²) < 4.78 is 5.18. The van der Waals surface area contributed by atoms with E-state index in [2.05, 4.69) is 34.7 Å². The van der Waals surface area contributed by atoms with Crippen molar-refractivity contribution in [2.75, 3.05) is 44.4 Å². The highest BCUT2D eigenvalue weighted by Gasteiger charge is 2.29. The van der Waals surface area contributed by atoms with Crippen molar-refractivity contribution in [2.45, 2.75) is 10.9 Å². The first kappa shape index (κ1) is 22.5. The molecule has 1 saturated heterocycles. The van der Waals surface area contributed by atoms with E-state index in [1.807, 2.05) is 24.3 Å². The van der Waals surface area contributed by atoms with Crippen LogP contribution in [0.5, 0.6) is 5.75 Å². The van der Waals surface area contributed by atoms with E-state index in [1.165, 1.54) is 9.80 Å². The molecule has 166 valence electrons. The average molecular weight is 445 g/mol. The van der Waals surface area contributed by atoms with Crippen LogP contribution in [-0.2, 0) is 9.59 Å². The molecule has 3 N–H and O–H groups in total. The van der Waals surface area contributed by atoms with Gasteiger partial charge in [0.2, 0.25) is 5.91 Å². The summed E-state index contributed by atoms with van der Waals surface area (Å²) in [5.41, 5.74) is 1.24. The maximum absolute atomic E-state index is 13.1. The molecule has 1 unspecified atom stereocenters. The van der Waals surface area contributed by atoms with Gasteiger partial charge < -0.3 is 20.7 Å². The van der Waals surface area contributed by atoms with Crippen LogP contribution in [0.15, 0.2) is 53.4 Å². The van der Waals surface area contributed by atoms with Gasteiger partial charge in [-0.25, -0.2) is 14.8 Å². The van der Waals surface area contributed by atoms with Crippen LogP contribution in [0, 0.1) is 0 Å². The third-order valence-corrected chi connectivity index (χ3v) is 6.58. The van der Waals surface area contributed by atoms with E-state index in [4.69, 9.17) is 4.74 Å². The number of urea groups is 1. The summed E-state index contributed by atoms with van der Waals surface area (Å²) in [6, 6.07) is 13.2. The van der Waals surface area contributed by atoms with Crippen LogP contribution in [0.4, 0.5) is 10.5 Å². The lowest BCUT2D eigenvalue weighted by Crippen LogP contribution is -2.44. The number of methoxy groups -OCH3 is 1. The summed E-state index contributed by atoms with van der Waals surface area (Å²) in [5, 5.41) is 8.19. The molecule has 9 heteroatoms. The van der Waals surface area contributed by atoms with Gasteiger partial charge in [-0.1, -0.05) is 12.1 Å². The summed E-state index contributed by atoms with van der Waals surface area (Å²) in [6.45, 7) is 0.0671. The number of benzene rings is 2. The molecule has 1 heterocycles. The summed E-state index contributed by atoms with van der Waals surface area (Å²) >= 11 is 0. The van der Waals surface area contributed by atoms with E-state index in [0.29, 0.717) is 17.0 Å². The van der Waals surface area contributed by atoms with Crippen LogP contribution < -0.4 is 20.7 Å². The summed E-state index contributed by atoms with van der Waals surface area (Å²) in [4.78, 5) is 39.7. The molecule has 1 atom stereocenters. The number of nitrogens with one attached hydrogen (secondary N) is 3. The Kier molecular flexibility index (Phi) is 6.74. The van der Waals surface area contributed by atoms with Crippen LogP contribution >= 0.6 is 10.0 Å². The number of ether oxygens (including phenoxy) is 1. The smallest absolute Gasteiger partial charge is 0.320 e. The minimum Gasteiger partial charge on any atom is -0.497 e. The number of anilines is 1. The Bertz CT molecular complexity index is 955. The Morgan fingerprint density at radius 1 is 1.06 bits per heavy atom. The first-order valence-electron chi connectivity index (χ1n) is 9.73. The number of hydrogen-bond donors (Lipinski definition) is 3. The molecule has 0 bridgehead atoms. The van der Waals surface area contributed by atoms with E-state index >= 15 is 0 Å². The van der Waals surface area contributed by atoms with Crippen LogP contribution in [-0.4, -0.2) is 61.8 Å². The van der Waals surface area contributed by atoms with E-state index in [9.17, 15) is 14.4 Å². The molecule has 1 aliphatic heterocycles. The lowest BCUT2D eigenvalue weighted by atomic mass is 10.1. The number of carbonyl (C=O) groups is 3. The number of carbonyl (C=O) groups excluding carboxylic acids is 3. The molecule has 0 aromatic heterocycles. The molecule has 4 amide bonds. The Balaban J connectivity index is 1.79. The highest BCUT2D eigenvalue weighted by Crippen LogP contribution is 2.45. The van der Waals surface area contributed by atoms with Crippen molar-refractivity contribution in [3.8, 4) is 5.75 Å². The molecule has 0 saturated carbocycles. The van der Waals surface area contributed by atoms with E-state index in [-0.39, 0.29) is 25.0 Å². The van der Waals surface area contributed by atoms with Crippen molar-refractivity contribution in [3.63, 3.8) is 0 Å². The van der Waals surface area contributed by atoms with Crippen molar-refractivity contribution in [2.24, 2.45) is 0 Å². The molecule has 2 aromatic rings. The molecule has 0 spiro atoms. The van der Waals surface area contributed by atoms with Gasteiger partial charge in [0.05, 0.1) is 13.8 Å². The van der Waals surface area contributed by atoms with Crippen molar-refractivity contribution in [1.29, 1.82) is 0 Å². The van der Waals surface area contributed by atoms with Crippen molar-refractivity contribution in [3.05, 3.63) is 54.1 Å². The Labute approximate surface area is 183 Å². The van der Waals surface area contributed by atoms with Crippen molar-refractivity contribution < 1.29 is 19.1 Å². The fourth-order valence-corrected chi connectivity index (χ4v) is 4.04. The maximum Gasteiger partial charge on any atom is 0.320 e. The first-order valence-corrected chi connectivity index (χ1v) is 12.6. The molecular formula is C22H28N4O4S. The zero-order valence-corrected chi connectivity index (χ0v) is 18.9. The van der Waals surface area contributed by atoms with Gasteiger partial charge in [0.15, 0.2) is 0 Å². The molecule has 1 fully saturated rings. The third-order valence-electron chi connectivity index (χ3n) is 4.90. The van der Waals surface area contributed by atoms with E-state index in [0.717, 1.165) is 0 Å². The highest BCUT2D eigenvalue weighted by atomic mass is 32.3. The number of amides is 4. The van der Waals surface area contributed by atoms with E-state index in [1.54, 1.807) is 31.4 Å². The number of nitrogens with zero attached hydrogens (tertiary/aromatic N) is 1. The van der Waals surface area contributed by atoms with Crippen molar-refractivity contribution in [1.82, 2.24) is 15.5 Å². The molecule has 2 aromatic carbocycles. The minimum atomic E-state index is -0.943. The molecular weight excluding hydrogens is 416 g/mol. The van der Waals surface area contributed by atoms with Gasteiger partial charge in [-0.3, -0.25) is 14.5 Å². The summed E-state index contributed by atoms with van der Waals surface area (Å²) in [5.74, 6) is 0.0263. The first-order chi connectivity index (χ1) is 14.7. The zero-order valence-electron chi connectivity index (χ0n) is 18.1. The summed E-state index contributed by atoms with van der Waals surface area (Å²) in [7, 11) is 0.692. The van der Waals surface area contributed by atoms with Gasteiger partial charge in [0.1, 0.15) is 18.3 Å². The van der Waals surface area contributed by atoms with Gasteiger partial charge in [-0.15, -0.1) is 0 Å². The van der Waals surface area contributed by atoms with E-state index < -0.39 is 22.1 Å². The monoisotopic (exact) mass is 444 g/mol. The Morgan fingerprint density at radius 2 is 1.71 bits per heavy atom. The van der Waals surface area contributed by atoms with Gasteiger partial charge in [-0.2, -0.15) is 0 Å². The largest absolute Gasteiger partial charge is 0.497 e. The van der Waals surface area contributed by atoms with Gasteiger partial charge in [-0.05, 0) is 65.6 Å². The fraction of sp³-hybridized carbons (Fsp3) is 0.318. The fourth-order valence-electron chi connectivity index (χ4n) is 3.08. The third kappa shape index (κ3) is 5.69. The average Bonchev–Trinajstić information content (AvgIpc) is 3.18. The Morgan fingerprint density at radius 3 is 2.23 bits per heavy atom. The quantitative estimate of drug-likeness (QED) is 0.637. The lowest BCUT2D eigenvalue weighted by Gasteiger charge is -2.26. The number of hydrogen-bond acceptors (Lipinski definition) is 4. The number of rotatable bonds is 6. The molecule has 0 radical (unpaired) electrons. The molecule has 8 nitrogen and oxygen atoms in total. The second-order valence-corrected chi connectivity index (χ2v) is 12.1. The molecule has 31 heavy (non-hydrogen) atoms. The minimum absolute atomic E-state index is 0.0423. The standard InChI is InChI=1S/C22H28N4O4S/c1-30-17-9-5-15(6-10-17)20(25-22(29)26-13-19(27)23-14-26)21(28)24-16-7-11-18(12-8-16)31(2,3)4/h5-12,20H,13-14H2,1-4H3,(H,23,27)(H,24,28)(H,25,29). The lowest BCUT2D eigenvalue weighted by molar-refractivity contribution is -0.118. The van der Waals surface area contributed by atoms with Gasteiger partial charge in [0, 0.05) is 5.69 Å². The van der Waals surface area contributed by atoms with Crippen LogP contribution in [0.1, 0.15) is 11.6 Å². The topological polar surface area (TPSA) is 99.8 Å². The molecule has 3 rings (SSSR count). The Hall–Kier alpha value is -3.20. The van der Waals surface area contributed by atoms with Gasteiger partial charge >= 0.3 is 6.03 Å². The molecule has 0 aliphatic carbocycles. The van der Waals surface area contributed by atoms with Crippen LogP contribution in [0.3, 0.4) is 0 Å². The predicted molar refractivity (Wildman–Crippen MR) is 123 cm³/mol. The van der Waals surface area contributed by atoms with Crippen LogP contribution in [0.2, 0.25) is 0 Å². The van der Waals surface area contributed by atoms with Gasteiger partial charge in [0.25, 0.3) is 5.91 Å². The van der Waals surface area contributed by atoms with Crippen molar-refractivity contribution >= 4 is 33.6 Å². The predicted octanol–water partition coefficient (Wildman–Crippen LogP) is 2.53. The second-order valence-electron chi connectivity index (χ2n) is 7.96. The second kappa shape index (κ2) is 9.30. The summed E-state index contributed by atoms with van der Waals surface area (Å²) in [6.07, 6.45) is 6.61. The molecule has 1 aliphatic rings. The highest BCUT2D eigenvalue weighted by molar-refractivity contribution is 8.32. The van der Waals surface area contributed by atoms with Crippen LogP contribution in [0.25, 0.3) is 0 Å².